The molecule has 0 amide bonds. The van der Waals surface area contributed by atoms with E-state index in [2.05, 4.69) is 23.9 Å². The molecule has 0 aromatic carbocycles. The van der Waals surface area contributed by atoms with Crippen LogP contribution in [0.1, 0.15) is 33.1 Å². The molecule has 0 aliphatic rings. The van der Waals surface area contributed by atoms with Crippen molar-refractivity contribution in [1.82, 2.24) is 5.06 Å². The van der Waals surface area contributed by atoms with E-state index in [1.807, 2.05) is 6.92 Å². The van der Waals surface area contributed by atoms with Crippen molar-refractivity contribution in [3.05, 3.63) is 0 Å². The number of aliphatic hydroxyl groups excluding tert-OH is 1. The first-order valence-electron chi connectivity index (χ1n) is 6.40. The number of nitrogens with two attached hydrogens (primary N) is 1. The van der Waals surface area contributed by atoms with Crippen molar-refractivity contribution in [2.45, 2.75) is 39.6 Å². The highest BCUT2D eigenvalue weighted by molar-refractivity contribution is 7.51. The van der Waals surface area contributed by atoms with Crippen LogP contribution in [0.25, 0.3) is 0 Å². The number of esters is 1. The van der Waals surface area contributed by atoms with Crippen LogP contribution in [-0.4, -0.2) is 46.5 Å². The van der Waals surface area contributed by atoms with Gasteiger partial charge in [0.25, 0.3) is 0 Å². The van der Waals surface area contributed by atoms with Gasteiger partial charge in [0.2, 0.25) is 5.96 Å². The molecule has 0 aromatic rings. The van der Waals surface area contributed by atoms with Crippen molar-refractivity contribution < 1.29 is 43.3 Å². The molecule has 0 heterocycles. The number of carbonyl (C=O) groups is 2. The number of hydrogen-bond acceptors (Lipinski definition) is 8. The van der Waals surface area contributed by atoms with Crippen LogP contribution in [0, 0.1) is 0 Å². The van der Waals surface area contributed by atoms with Gasteiger partial charge in [-0.15, -0.1) is 9.44 Å². The van der Waals surface area contributed by atoms with Crippen LogP contribution in [0.5, 0.6) is 0 Å². The molecule has 0 rings (SSSR count). The van der Waals surface area contributed by atoms with E-state index < -0.39 is 32.1 Å². The van der Waals surface area contributed by atoms with Crippen molar-refractivity contribution in [3.8, 4) is 0 Å². The molecule has 0 radical (unpaired) electrons. The van der Waals surface area contributed by atoms with Crippen LogP contribution >= 0.6 is 7.75 Å². The van der Waals surface area contributed by atoms with E-state index in [1.54, 1.807) is 0 Å². The van der Waals surface area contributed by atoms with Crippen LogP contribution in [0.3, 0.4) is 0 Å². The number of hydrogen-bond donors (Lipinski definition) is 3. The Morgan fingerprint density at radius 2 is 2.04 bits per heavy atom. The SMILES string of the molecule is CCCCC(=O)OC(O)OOP(=O)(O)/N=C(/N)N(C)OC(C)=O. The fourth-order valence-electron chi connectivity index (χ4n) is 1.05. The van der Waals surface area contributed by atoms with Gasteiger partial charge in [0.15, 0.2) is 0 Å². The van der Waals surface area contributed by atoms with Crippen LogP contribution in [0.15, 0.2) is 4.76 Å². The Morgan fingerprint density at radius 3 is 2.57 bits per heavy atom. The van der Waals surface area contributed by atoms with Crippen LogP contribution in [-0.2, 0) is 33.3 Å². The van der Waals surface area contributed by atoms with Gasteiger partial charge in [-0.2, -0.15) is 9.95 Å². The Kier molecular flexibility index (Phi) is 9.37. The van der Waals surface area contributed by atoms with Crippen molar-refractivity contribution in [2.75, 3.05) is 7.05 Å². The molecule has 134 valence electrons. The molecule has 0 aliphatic heterocycles. The fourth-order valence-corrected chi connectivity index (χ4v) is 1.66. The molecular formula is C10H20N3O9P. The maximum Gasteiger partial charge on any atom is 0.481 e. The summed E-state index contributed by atoms with van der Waals surface area (Å²) in [5, 5.41) is 9.77. The average Bonchev–Trinajstić information content (AvgIpc) is 2.42. The van der Waals surface area contributed by atoms with Crippen LogP contribution < -0.4 is 5.73 Å². The lowest BCUT2D eigenvalue weighted by atomic mass is 10.3. The summed E-state index contributed by atoms with van der Waals surface area (Å²) in [6.07, 6.45) is 1.30. The number of aliphatic hydroxyl groups is 1. The standard InChI is InChI=1S/C10H20N3O9P/c1-4-5-6-8(15)19-10(16)21-22-23(17,18)12-9(11)13(3)20-7(2)14/h10,16H,4-6H2,1-3H3,(H3,11,12,17,18). The number of guanidine groups is 1. The first-order valence-corrected chi connectivity index (χ1v) is 7.93. The highest BCUT2D eigenvalue weighted by Crippen LogP contribution is 2.44. The zero-order valence-electron chi connectivity index (χ0n) is 12.9. The monoisotopic (exact) mass is 357 g/mol. The number of carbonyl (C=O) groups excluding carboxylic acids is 2. The molecule has 23 heavy (non-hydrogen) atoms. The predicted molar refractivity (Wildman–Crippen MR) is 74.8 cm³/mol. The molecular weight excluding hydrogens is 337 g/mol. The van der Waals surface area contributed by atoms with Gasteiger partial charge in [-0.25, -0.2) is 4.57 Å². The molecule has 2 unspecified atom stereocenters. The normalized spacial score (nSPS) is 15.4. The summed E-state index contributed by atoms with van der Waals surface area (Å²) in [5.74, 6) is -2.21. The topological polar surface area (TPSA) is 170 Å². The molecule has 0 aromatic heterocycles. The van der Waals surface area contributed by atoms with Crippen molar-refractivity contribution in [2.24, 2.45) is 10.5 Å². The highest BCUT2D eigenvalue weighted by atomic mass is 31.2. The summed E-state index contributed by atoms with van der Waals surface area (Å²) < 4.78 is 22.8. The van der Waals surface area contributed by atoms with Crippen LogP contribution in [0.2, 0.25) is 0 Å². The third-order valence-electron chi connectivity index (χ3n) is 2.01. The minimum Gasteiger partial charge on any atom is -0.408 e. The number of ether oxygens (including phenoxy) is 1. The molecule has 0 saturated carbocycles. The predicted octanol–water partition coefficient (Wildman–Crippen LogP) is -0.231. The average molecular weight is 357 g/mol. The third-order valence-corrected chi connectivity index (χ3v) is 2.74. The van der Waals surface area contributed by atoms with Gasteiger partial charge in [0.05, 0.1) is 0 Å². The summed E-state index contributed by atoms with van der Waals surface area (Å²) >= 11 is 0. The van der Waals surface area contributed by atoms with Gasteiger partial charge >= 0.3 is 26.2 Å². The Morgan fingerprint density at radius 1 is 1.43 bits per heavy atom. The second-order valence-corrected chi connectivity index (χ2v) is 5.43. The van der Waals surface area contributed by atoms with E-state index in [9.17, 15) is 19.0 Å². The number of unbranched alkanes of at least 4 members (excludes halogenated alkanes) is 1. The van der Waals surface area contributed by atoms with Crippen LogP contribution in [0.4, 0.5) is 0 Å². The Labute approximate surface area is 132 Å². The maximum absolute atomic E-state index is 11.5. The van der Waals surface area contributed by atoms with E-state index in [0.717, 1.165) is 20.4 Å². The molecule has 4 N–H and O–H groups in total. The Balaban J connectivity index is 4.43. The van der Waals surface area contributed by atoms with Crippen molar-refractivity contribution in [1.29, 1.82) is 0 Å². The van der Waals surface area contributed by atoms with E-state index in [0.29, 0.717) is 11.5 Å². The van der Waals surface area contributed by atoms with E-state index in [4.69, 9.17) is 10.8 Å². The molecule has 0 spiro atoms. The lowest BCUT2D eigenvalue weighted by molar-refractivity contribution is -0.381. The van der Waals surface area contributed by atoms with Gasteiger partial charge in [0, 0.05) is 20.4 Å². The zero-order chi connectivity index (χ0) is 18.0. The number of hydroxylamine groups is 2. The van der Waals surface area contributed by atoms with Gasteiger partial charge < -0.3 is 25.3 Å². The summed E-state index contributed by atoms with van der Waals surface area (Å²) in [6, 6.07) is 0. The van der Waals surface area contributed by atoms with E-state index in [-0.39, 0.29) is 6.42 Å². The minimum atomic E-state index is -4.81. The fraction of sp³-hybridized carbons (Fsp3) is 0.700. The molecule has 0 aliphatic carbocycles. The van der Waals surface area contributed by atoms with E-state index >= 15 is 0 Å². The molecule has 13 heteroatoms. The molecule has 0 fully saturated rings. The maximum atomic E-state index is 11.5. The lowest BCUT2D eigenvalue weighted by Crippen LogP contribution is -2.35. The third kappa shape index (κ3) is 10.6. The number of nitrogens with zero attached hydrogens (tertiary/aromatic N) is 2. The Bertz CT molecular complexity index is 484. The molecule has 2 atom stereocenters. The lowest BCUT2D eigenvalue weighted by Gasteiger charge is -2.16. The summed E-state index contributed by atoms with van der Waals surface area (Å²) in [4.78, 5) is 39.6. The van der Waals surface area contributed by atoms with Gasteiger partial charge in [-0.1, -0.05) is 13.3 Å². The highest BCUT2D eigenvalue weighted by Gasteiger charge is 2.25. The summed E-state index contributed by atoms with van der Waals surface area (Å²) in [7, 11) is -3.66. The van der Waals surface area contributed by atoms with Gasteiger partial charge in [-0.05, 0) is 6.42 Å². The molecule has 12 nitrogen and oxygen atoms in total. The van der Waals surface area contributed by atoms with Gasteiger partial charge in [0.1, 0.15) is 0 Å². The molecule has 0 bridgehead atoms. The second kappa shape index (κ2) is 10.1. The number of rotatable bonds is 8. The smallest absolute Gasteiger partial charge is 0.408 e. The quantitative estimate of drug-likeness (QED) is 0.0996. The van der Waals surface area contributed by atoms with E-state index in [1.165, 1.54) is 0 Å². The van der Waals surface area contributed by atoms with Crippen molar-refractivity contribution in [3.63, 3.8) is 0 Å². The zero-order valence-corrected chi connectivity index (χ0v) is 13.8. The summed E-state index contributed by atoms with van der Waals surface area (Å²) in [6.45, 7) is 0.702. The Hall–Kier alpha value is -1.72. The molecule has 0 saturated heterocycles. The minimum absolute atomic E-state index is 0.0337. The van der Waals surface area contributed by atoms with Gasteiger partial charge in [-0.3, -0.25) is 9.59 Å². The van der Waals surface area contributed by atoms with Crippen molar-refractivity contribution >= 4 is 25.6 Å². The first-order chi connectivity index (χ1) is 10.6. The largest absolute Gasteiger partial charge is 0.481 e. The second-order valence-electron chi connectivity index (χ2n) is 4.10. The first kappa shape index (κ1) is 21.3. The summed E-state index contributed by atoms with van der Waals surface area (Å²) in [5.41, 5.74) is 5.28.